The predicted molar refractivity (Wildman–Crippen MR) is 51.9 cm³/mol. The monoisotopic (exact) mass is 287 g/mol. The Bertz CT molecular complexity index is 368. The van der Waals surface area contributed by atoms with Crippen LogP contribution in [-0.2, 0) is 0 Å². The molecule has 0 aliphatic rings. The topological polar surface area (TPSA) is 40.9 Å². The molecule has 0 saturated heterocycles. The van der Waals surface area contributed by atoms with E-state index in [0.29, 0.717) is 26.4 Å². The highest BCUT2D eigenvalue weighted by Gasteiger charge is 2.04. The van der Waals surface area contributed by atoms with E-state index in [1.165, 1.54) is 6.07 Å². The fraction of sp³-hybridized carbons (Fsp3) is 0. The number of halogens is 2. The molecule has 0 unspecified atom stereocenters. The summed E-state index contributed by atoms with van der Waals surface area (Å²) >= 11 is 6.40. The van der Waals surface area contributed by atoms with Gasteiger partial charge in [0, 0.05) is 14.5 Å². The highest BCUT2D eigenvalue weighted by molar-refractivity contribution is 9.11. The van der Waals surface area contributed by atoms with E-state index < -0.39 is 0 Å². The molecule has 0 aliphatic carbocycles. The lowest BCUT2D eigenvalue weighted by Gasteiger charge is -1.98. The first-order valence-corrected chi connectivity index (χ1v) is 4.62. The zero-order chi connectivity index (χ0) is 9.14. The summed E-state index contributed by atoms with van der Waals surface area (Å²) in [4.78, 5) is 10.5. The predicted octanol–water partition coefficient (Wildman–Crippen LogP) is 2.90. The van der Waals surface area contributed by atoms with Crippen molar-refractivity contribution in [1.29, 1.82) is 5.26 Å². The van der Waals surface area contributed by atoms with E-state index >= 15 is 0 Å². The zero-order valence-electron chi connectivity index (χ0n) is 5.84. The summed E-state index contributed by atoms with van der Waals surface area (Å²) in [6, 6.07) is 5.18. The average Bonchev–Trinajstić information content (AvgIpc) is 2.05. The van der Waals surface area contributed by atoms with Gasteiger partial charge in [0.05, 0.1) is 5.56 Å². The van der Waals surface area contributed by atoms with Crippen LogP contribution in [0.4, 0.5) is 0 Å². The number of hydrogen-bond acceptors (Lipinski definition) is 2. The lowest BCUT2D eigenvalue weighted by molar-refractivity contribution is 0.112. The van der Waals surface area contributed by atoms with Gasteiger partial charge >= 0.3 is 0 Å². The third-order valence-electron chi connectivity index (χ3n) is 1.33. The van der Waals surface area contributed by atoms with Crippen LogP contribution in [0.5, 0.6) is 0 Å². The van der Waals surface area contributed by atoms with E-state index in [1.807, 2.05) is 6.07 Å². The summed E-state index contributed by atoms with van der Waals surface area (Å²) in [7, 11) is 0. The molecule has 4 heteroatoms. The number of nitriles is 1. The summed E-state index contributed by atoms with van der Waals surface area (Å²) in [5, 5.41) is 8.62. The van der Waals surface area contributed by atoms with Crippen molar-refractivity contribution in [3.63, 3.8) is 0 Å². The second-order valence-corrected chi connectivity index (χ2v) is 3.79. The van der Waals surface area contributed by atoms with E-state index in [9.17, 15) is 4.79 Å². The van der Waals surface area contributed by atoms with Crippen LogP contribution < -0.4 is 0 Å². The van der Waals surface area contributed by atoms with Gasteiger partial charge in [-0.25, -0.2) is 0 Å². The molecule has 0 aliphatic heterocycles. The Hall–Kier alpha value is -0.660. The van der Waals surface area contributed by atoms with Crippen LogP contribution in [0, 0.1) is 11.3 Å². The first-order chi connectivity index (χ1) is 5.69. The normalized spacial score (nSPS) is 9.08. The fourth-order valence-electron chi connectivity index (χ4n) is 0.742. The molecule has 0 fully saturated rings. The molecule has 12 heavy (non-hydrogen) atoms. The molecule has 1 aromatic rings. The van der Waals surface area contributed by atoms with Gasteiger partial charge in [-0.3, -0.25) is 4.79 Å². The van der Waals surface area contributed by atoms with Crippen molar-refractivity contribution < 1.29 is 4.79 Å². The number of benzene rings is 1. The highest BCUT2D eigenvalue weighted by Crippen LogP contribution is 2.24. The maximum atomic E-state index is 10.5. The minimum absolute atomic E-state index is 0.459. The third kappa shape index (κ3) is 1.74. The molecule has 0 saturated carbocycles. The maximum absolute atomic E-state index is 10.5. The SMILES string of the molecule is N#Cc1cc(C=O)c(Br)cc1Br. The minimum Gasteiger partial charge on any atom is -0.298 e. The maximum Gasteiger partial charge on any atom is 0.151 e. The Morgan fingerprint density at radius 3 is 2.50 bits per heavy atom. The lowest BCUT2D eigenvalue weighted by Crippen LogP contribution is -1.86. The first-order valence-electron chi connectivity index (χ1n) is 3.03. The lowest BCUT2D eigenvalue weighted by atomic mass is 10.1. The number of nitrogens with zero attached hydrogens (tertiary/aromatic N) is 1. The van der Waals surface area contributed by atoms with Crippen molar-refractivity contribution in [3.05, 3.63) is 32.2 Å². The molecular weight excluding hydrogens is 286 g/mol. The Morgan fingerprint density at radius 1 is 1.33 bits per heavy atom. The first kappa shape index (κ1) is 9.43. The van der Waals surface area contributed by atoms with Crippen molar-refractivity contribution in [3.8, 4) is 6.07 Å². The zero-order valence-corrected chi connectivity index (χ0v) is 9.02. The summed E-state index contributed by atoms with van der Waals surface area (Å²) in [6.07, 6.45) is 0.706. The van der Waals surface area contributed by atoms with Crippen LogP contribution >= 0.6 is 31.9 Å². The molecule has 0 aromatic heterocycles. The van der Waals surface area contributed by atoms with Crippen molar-refractivity contribution in [2.24, 2.45) is 0 Å². The van der Waals surface area contributed by atoms with E-state index in [2.05, 4.69) is 31.9 Å². The average molecular weight is 289 g/mol. The van der Waals surface area contributed by atoms with Crippen molar-refractivity contribution in [1.82, 2.24) is 0 Å². The summed E-state index contributed by atoms with van der Waals surface area (Å²) in [5.74, 6) is 0. The van der Waals surface area contributed by atoms with Gasteiger partial charge in [-0.15, -0.1) is 0 Å². The van der Waals surface area contributed by atoms with Gasteiger partial charge in [-0.1, -0.05) is 15.9 Å². The molecule has 0 N–H and O–H groups in total. The van der Waals surface area contributed by atoms with Crippen LogP contribution in [0.3, 0.4) is 0 Å². The van der Waals surface area contributed by atoms with Crippen LogP contribution in [0.15, 0.2) is 21.1 Å². The van der Waals surface area contributed by atoms with Crippen molar-refractivity contribution in [2.45, 2.75) is 0 Å². The van der Waals surface area contributed by atoms with Crippen molar-refractivity contribution >= 4 is 38.1 Å². The van der Waals surface area contributed by atoms with Gasteiger partial charge in [0.2, 0.25) is 0 Å². The quantitative estimate of drug-likeness (QED) is 0.746. The summed E-state index contributed by atoms with van der Waals surface area (Å²) in [5.41, 5.74) is 0.940. The highest BCUT2D eigenvalue weighted by atomic mass is 79.9. The molecule has 1 rings (SSSR count). The second kappa shape index (κ2) is 3.83. The standard InChI is InChI=1S/C8H3Br2NO/c9-7-2-8(10)6(4-12)1-5(7)3-11/h1-2,4H. The van der Waals surface area contributed by atoms with Crippen LogP contribution in [-0.4, -0.2) is 6.29 Å². The van der Waals surface area contributed by atoms with Gasteiger partial charge < -0.3 is 0 Å². The minimum atomic E-state index is 0.459. The van der Waals surface area contributed by atoms with Gasteiger partial charge in [-0.2, -0.15) is 5.26 Å². The molecular formula is C8H3Br2NO. The van der Waals surface area contributed by atoms with Crippen LogP contribution in [0.2, 0.25) is 0 Å². The summed E-state index contributed by atoms with van der Waals surface area (Å²) < 4.78 is 1.37. The smallest absolute Gasteiger partial charge is 0.151 e. The molecule has 0 radical (unpaired) electrons. The third-order valence-corrected chi connectivity index (χ3v) is 2.68. The molecule has 0 atom stereocenters. The number of rotatable bonds is 1. The van der Waals surface area contributed by atoms with E-state index in [1.54, 1.807) is 6.07 Å². The Labute approximate surface area is 86.5 Å². The molecule has 60 valence electrons. The van der Waals surface area contributed by atoms with Crippen LogP contribution in [0.25, 0.3) is 0 Å². The number of hydrogen-bond donors (Lipinski definition) is 0. The molecule has 2 nitrogen and oxygen atoms in total. The molecule has 0 heterocycles. The Morgan fingerprint density at radius 2 is 2.00 bits per heavy atom. The van der Waals surface area contributed by atoms with Gasteiger partial charge in [-0.05, 0) is 28.1 Å². The van der Waals surface area contributed by atoms with Crippen molar-refractivity contribution in [2.75, 3.05) is 0 Å². The largest absolute Gasteiger partial charge is 0.298 e. The van der Waals surface area contributed by atoms with Gasteiger partial charge in [0.15, 0.2) is 6.29 Å². The van der Waals surface area contributed by atoms with Gasteiger partial charge in [0.25, 0.3) is 0 Å². The Balaban J connectivity index is 3.39. The molecule has 1 aromatic carbocycles. The molecule has 0 amide bonds. The second-order valence-electron chi connectivity index (χ2n) is 2.08. The summed E-state index contributed by atoms with van der Waals surface area (Å²) in [6.45, 7) is 0. The van der Waals surface area contributed by atoms with Crippen LogP contribution in [0.1, 0.15) is 15.9 Å². The molecule has 0 spiro atoms. The van der Waals surface area contributed by atoms with E-state index in [4.69, 9.17) is 5.26 Å². The Kier molecular flexibility index (Phi) is 3.01. The molecule has 0 bridgehead atoms. The van der Waals surface area contributed by atoms with Gasteiger partial charge in [0.1, 0.15) is 6.07 Å². The number of carbonyl (C=O) groups excluding carboxylic acids is 1. The number of carbonyl (C=O) groups is 1. The van der Waals surface area contributed by atoms with E-state index in [-0.39, 0.29) is 0 Å². The fourth-order valence-corrected chi connectivity index (χ4v) is 1.92. The van der Waals surface area contributed by atoms with E-state index in [0.717, 1.165) is 0 Å². The number of aldehydes is 1.